The number of rotatable bonds is 0. The van der Waals surface area contributed by atoms with Gasteiger partial charge in [-0.1, -0.05) is 0 Å². The number of hydrogen-bond acceptors (Lipinski definition) is 3. The molecule has 0 radical (unpaired) electrons. The third-order valence-corrected chi connectivity index (χ3v) is 4.85. The van der Waals surface area contributed by atoms with E-state index < -0.39 is 10.0 Å². The lowest BCUT2D eigenvalue weighted by molar-refractivity contribution is 0.129. The second-order valence-corrected chi connectivity index (χ2v) is 7.68. The van der Waals surface area contributed by atoms with Crippen LogP contribution in [-0.2, 0) is 10.0 Å². The van der Waals surface area contributed by atoms with Crippen molar-refractivity contribution < 1.29 is 8.42 Å². The molecule has 0 aromatic heterocycles. The minimum Gasteiger partial charge on any atom is -0.314 e. The van der Waals surface area contributed by atoms with Crippen molar-refractivity contribution in [3.05, 3.63) is 0 Å². The first-order valence-electron chi connectivity index (χ1n) is 5.31. The smallest absolute Gasteiger partial charge is 0.216 e. The highest BCUT2D eigenvalue weighted by molar-refractivity contribution is 7.89. The van der Waals surface area contributed by atoms with Gasteiger partial charge in [-0.25, -0.2) is 8.42 Å². The van der Waals surface area contributed by atoms with Gasteiger partial charge in [-0.15, -0.1) is 0 Å². The summed E-state index contributed by atoms with van der Waals surface area (Å²) >= 11 is 0. The molecule has 5 heteroatoms. The van der Waals surface area contributed by atoms with Gasteiger partial charge in [0.25, 0.3) is 0 Å². The zero-order valence-corrected chi connectivity index (χ0v) is 11.1. The molecular weight excluding hydrogens is 212 g/mol. The fourth-order valence-electron chi connectivity index (χ4n) is 2.46. The van der Waals surface area contributed by atoms with E-state index in [1.807, 2.05) is 34.6 Å². The molecule has 1 N–H and O–H groups in total. The van der Waals surface area contributed by atoms with E-state index in [-0.39, 0.29) is 16.8 Å². The van der Waals surface area contributed by atoms with E-state index in [9.17, 15) is 8.42 Å². The normalized spacial score (nSPS) is 27.3. The summed E-state index contributed by atoms with van der Waals surface area (Å²) in [5.74, 6) is 0.188. The third kappa shape index (κ3) is 2.71. The van der Waals surface area contributed by atoms with Gasteiger partial charge in [0.15, 0.2) is 0 Å². The average Bonchev–Trinajstić information content (AvgIpc) is 2.02. The summed E-state index contributed by atoms with van der Waals surface area (Å²) in [5, 5.41) is 3.17. The van der Waals surface area contributed by atoms with Gasteiger partial charge in [0.2, 0.25) is 10.0 Å². The van der Waals surface area contributed by atoms with Crippen molar-refractivity contribution in [1.82, 2.24) is 9.62 Å². The minimum atomic E-state index is -3.15. The highest BCUT2D eigenvalue weighted by Gasteiger charge is 2.44. The summed E-state index contributed by atoms with van der Waals surface area (Å²) in [6.45, 7) is 11.0. The first-order chi connectivity index (χ1) is 6.57. The molecule has 1 aliphatic heterocycles. The highest BCUT2D eigenvalue weighted by Crippen LogP contribution is 2.29. The van der Waals surface area contributed by atoms with E-state index >= 15 is 0 Å². The van der Waals surface area contributed by atoms with E-state index in [1.54, 1.807) is 4.31 Å². The second-order valence-electron chi connectivity index (χ2n) is 5.74. The van der Waals surface area contributed by atoms with Crippen LogP contribution >= 0.6 is 0 Å². The number of hydrogen-bond donors (Lipinski definition) is 1. The van der Waals surface area contributed by atoms with Gasteiger partial charge in [-0.3, -0.25) is 0 Å². The predicted molar refractivity (Wildman–Crippen MR) is 62.3 cm³/mol. The van der Waals surface area contributed by atoms with Crippen molar-refractivity contribution in [2.24, 2.45) is 0 Å². The van der Waals surface area contributed by atoms with E-state index in [4.69, 9.17) is 0 Å². The van der Waals surface area contributed by atoms with Gasteiger partial charge in [0.1, 0.15) is 0 Å². The Hall–Kier alpha value is -0.130. The van der Waals surface area contributed by atoms with Crippen LogP contribution in [-0.4, -0.2) is 42.6 Å². The van der Waals surface area contributed by atoms with E-state index in [0.29, 0.717) is 13.1 Å². The van der Waals surface area contributed by atoms with Crippen LogP contribution in [0, 0.1) is 0 Å². The predicted octanol–water partition coefficient (Wildman–Crippen LogP) is 0.798. The molecule has 4 nitrogen and oxygen atoms in total. The average molecular weight is 234 g/mol. The summed E-state index contributed by atoms with van der Waals surface area (Å²) in [4.78, 5) is 0. The van der Waals surface area contributed by atoms with E-state index in [1.165, 1.54) is 0 Å². The van der Waals surface area contributed by atoms with Gasteiger partial charge in [0, 0.05) is 24.2 Å². The zero-order valence-electron chi connectivity index (χ0n) is 10.3. The molecule has 1 saturated heterocycles. The van der Waals surface area contributed by atoms with Crippen LogP contribution in [0.4, 0.5) is 0 Å². The summed E-state index contributed by atoms with van der Waals surface area (Å²) < 4.78 is 25.9. The Morgan fingerprint density at radius 1 is 1.27 bits per heavy atom. The second kappa shape index (κ2) is 3.71. The van der Waals surface area contributed by atoms with Crippen molar-refractivity contribution in [3.63, 3.8) is 0 Å². The molecule has 0 saturated carbocycles. The van der Waals surface area contributed by atoms with Gasteiger partial charge in [-0.05, 0) is 34.6 Å². The van der Waals surface area contributed by atoms with E-state index in [0.717, 1.165) is 0 Å². The Balaban J connectivity index is 3.22. The maximum atomic E-state index is 12.2. The maximum Gasteiger partial charge on any atom is 0.216 e. The molecule has 15 heavy (non-hydrogen) atoms. The summed E-state index contributed by atoms with van der Waals surface area (Å²) in [6.07, 6.45) is 0. The minimum absolute atomic E-state index is 0.188. The van der Waals surface area contributed by atoms with Crippen molar-refractivity contribution >= 4 is 10.0 Å². The largest absolute Gasteiger partial charge is 0.314 e. The lowest BCUT2D eigenvalue weighted by atomic mass is 9.99. The molecule has 90 valence electrons. The number of nitrogens with one attached hydrogen (secondary N) is 1. The molecule has 1 aliphatic rings. The molecular formula is C10H22N2O2S. The van der Waals surface area contributed by atoms with Gasteiger partial charge >= 0.3 is 0 Å². The van der Waals surface area contributed by atoms with Gasteiger partial charge < -0.3 is 5.32 Å². The lowest BCUT2D eigenvalue weighted by Crippen LogP contribution is -2.58. The molecule has 0 amide bonds. The fraction of sp³-hybridized carbons (Fsp3) is 1.00. The Kier molecular flexibility index (Phi) is 3.20. The molecule has 1 fully saturated rings. The molecule has 0 bridgehead atoms. The monoisotopic (exact) mass is 234 g/mol. The number of sulfonamides is 1. The Morgan fingerprint density at radius 3 is 2.27 bits per heavy atom. The van der Waals surface area contributed by atoms with Gasteiger partial charge in [-0.2, -0.15) is 4.31 Å². The molecule has 1 rings (SSSR count). The molecule has 0 aliphatic carbocycles. The zero-order chi connectivity index (χ0) is 11.9. The molecule has 0 aromatic rings. The Morgan fingerprint density at radius 2 is 1.80 bits per heavy atom. The summed E-state index contributed by atoms with van der Waals surface area (Å²) in [7, 11) is -3.15. The van der Waals surface area contributed by atoms with Crippen LogP contribution < -0.4 is 5.32 Å². The highest BCUT2D eigenvalue weighted by atomic mass is 32.2. The standard InChI is InChI=1S/C10H22N2O2S/c1-9(2,3)12-10(4,5)8-11-6-7-15(12,13)14/h11H,6-8H2,1-5H3. The Labute approximate surface area is 93.1 Å². The number of nitrogens with zero attached hydrogens (tertiary/aromatic N) is 1. The van der Waals surface area contributed by atoms with Crippen LogP contribution in [0.5, 0.6) is 0 Å². The molecule has 1 heterocycles. The van der Waals surface area contributed by atoms with E-state index in [2.05, 4.69) is 5.32 Å². The van der Waals surface area contributed by atoms with Gasteiger partial charge in [0.05, 0.1) is 5.75 Å². The quantitative estimate of drug-likeness (QED) is 0.674. The molecule has 0 atom stereocenters. The van der Waals surface area contributed by atoms with Crippen LogP contribution in [0.1, 0.15) is 34.6 Å². The SMILES string of the molecule is CC(C)(C)N1C(C)(C)CNCCS1(=O)=O. The maximum absolute atomic E-state index is 12.2. The lowest BCUT2D eigenvalue weighted by Gasteiger charge is -2.44. The van der Waals surface area contributed by atoms with Crippen LogP contribution in [0.15, 0.2) is 0 Å². The van der Waals surface area contributed by atoms with Crippen LogP contribution in [0.3, 0.4) is 0 Å². The third-order valence-electron chi connectivity index (χ3n) is 2.53. The summed E-state index contributed by atoms with van der Waals surface area (Å²) in [6, 6.07) is 0. The molecule has 0 unspecified atom stereocenters. The Bertz CT molecular complexity index is 328. The first kappa shape index (κ1) is 12.9. The fourth-order valence-corrected chi connectivity index (χ4v) is 4.70. The molecule has 0 aromatic carbocycles. The first-order valence-corrected chi connectivity index (χ1v) is 6.92. The van der Waals surface area contributed by atoms with Crippen molar-refractivity contribution in [3.8, 4) is 0 Å². The van der Waals surface area contributed by atoms with Crippen molar-refractivity contribution in [2.45, 2.75) is 45.7 Å². The van der Waals surface area contributed by atoms with Crippen LogP contribution in [0.25, 0.3) is 0 Å². The summed E-state index contributed by atoms with van der Waals surface area (Å²) in [5.41, 5.74) is -0.734. The van der Waals surface area contributed by atoms with Crippen molar-refractivity contribution in [2.75, 3.05) is 18.8 Å². The molecule has 0 spiro atoms. The van der Waals surface area contributed by atoms with Crippen molar-refractivity contribution in [1.29, 1.82) is 0 Å². The van der Waals surface area contributed by atoms with Crippen LogP contribution in [0.2, 0.25) is 0 Å². The topological polar surface area (TPSA) is 49.4 Å².